The third-order valence-corrected chi connectivity index (χ3v) is 5.45. The molecule has 0 amide bonds. The summed E-state index contributed by atoms with van der Waals surface area (Å²) in [7, 11) is 1.48. The number of hydrogen-bond acceptors (Lipinski definition) is 5. The van der Waals surface area contributed by atoms with Crippen LogP contribution in [0.1, 0.15) is 12.0 Å². The fourth-order valence-electron chi connectivity index (χ4n) is 3.66. The molecular formula is C18H18ClN5O4. The van der Waals surface area contributed by atoms with Gasteiger partial charge in [0.15, 0.2) is 11.2 Å². The van der Waals surface area contributed by atoms with Gasteiger partial charge in [-0.05, 0) is 31.0 Å². The Bertz CT molecular complexity index is 1240. The van der Waals surface area contributed by atoms with Crippen molar-refractivity contribution in [3.8, 4) is 0 Å². The Kier molecular flexibility index (Phi) is 4.26. The predicted octanol–water partition coefficient (Wildman–Crippen LogP) is 1.48. The Balaban J connectivity index is 2.01. The summed E-state index contributed by atoms with van der Waals surface area (Å²) < 4.78 is 3.69. The molecule has 9 nitrogen and oxygen atoms in total. The number of benzene rings is 1. The van der Waals surface area contributed by atoms with Crippen molar-refractivity contribution in [1.29, 1.82) is 0 Å². The molecule has 1 N–H and O–H groups in total. The molecule has 1 aliphatic heterocycles. The van der Waals surface area contributed by atoms with Gasteiger partial charge in [0.2, 0.25) is 5.95 Å². The largest absolute Gasteiger partial charge is 0.480 e. The van der Waals surface area contributed by atoms with Gasteiger partial charge in [-0.25, -0.2) is 9.36 Å². The van der Waals surface area contributed by atoms with Crippen LogP contribution in [-0.4, -0.2) is 36.3 Å². The molecule has 0 fully saturated rings. The molecule has 3 aromatic rings. The molecule has 2 aromatic heterocycles. The fraction of sp³-hybridized carbons (Fsp3) is 0.333. The monoisotopic (exact) mass is 403 g/mol. The van der Waals surface area contributed by atoms with E-state index in [0.717, 1.165) is 22.2 Å². The van der Waals surface area contributed by atoms with E-state index in [2.05, 4.69) is 4.98 Å². The van der Waals surface area contributed by atoms with Gasteiger partial charge in [0.1, 0.15) is 6.54 Å². The SMILES string of the molecule is Cc1c(Cl)cccc1N1CCCn2c1nc1c2c(=O)n(CC(=O)O)c(=O)n1C. The lowest BCUT2D eigenvalue weighted by Gasteiger charge is -2.30. The Morgan fingerprint density at radius 3 is 2.75 bits per heavy atom. The molecule has 0 aliphatic carbocycles. The number of halogens is 1. The zero-order valence-electron chi connectivity index (χ0n) is 15.3. The van der Waals surface area contributed by atoms with Crippen LogP contribution >= 0.6 is 11.6 Å². The Morgan fingerprint density at radius 2 is 2.04 bits per heavy atom. The highest BCUT2D eigenvalue weighted by Gasteiger charge is 2.28. The zero-order chi connectivity index (χ0) is 20.2. The van der Waals surface area contributed by atoms with Crippen molar-refractivity contribution in [3.63, 3.8) is 0 Å². The van der Waals surface area contributed by atoms with Crippen LogP contribution in [0.5, 0.6) is 0 Å². The number of imidazole rings is 1. The molecule has 0 radical (unpaired) electrons. The van der Waals surface area contributed by atoms with Crippen LogP contribution in [0.4, 0.5) is 11.6 Å². The summed E-state index contributed by atoms with van der Waals surface area (Å²) in [6.45, 7) is 2.44. The molecule has 0 saturated heterocycles. The van der Waals surface area contributed by atoms with E-state index in [1.807, 2.05) is 30.0 Å². The van der Waals surface area contributed by atoms with Crippen molar-refractivity contribution >= 4 is 40.4 Å². The smallest absolute Gasteiger partial charge is 0.333 e. The first-order chi connectivity index (χ1) is 13.3. The first-order valence-electron chi connectivity index (χ1n) is 8.75. The van der Waals surface area contributed by atoms with Gasteiger partial charge in [0, 0.05) is 30.8 Å². The fourth-order valence-corrected chi connectivity index (χ4v) is 3.83. The number of carbonyl (C=O) groups is 1. The first-order valence-corrected chi connectivity index (χ1v) is 9.13. The number of nitrogens with zero attached hydrogens (tertiary/aromatic N) is 5. The molecule has 0 saturated carbocycles. The van der Waals surface area contributed by atoms with Crippen molar-refractivity contribution in [3.05, 3.63) is 49.6 Å². The third kappa shape index (κ3) is 2.62. The Morgan fingerprint density at radius 1 is 1.29 bits per heavy atom. The van der Waals surface area contributed by atoms with Crippen molar-refractivity contribution < 1.29 is 9.90 Å². The van der Waals surface area contributed by atoms with Crippen LogP contribution in [0.2, 0.25) is 5.02 Å². The minimum atomic E-state index is -1.26. The lowest BCUT2D eigenvalue weighted by molar-refractivity contribution is -0.137. The van der Waals surface area contributed by atoms with Gasteiger partial charge in [0.05, 0.1) is 0 Å². The van der Waals surface area contributed by atoms with E-state index in [0.29, 0.717) is 24.1 Å². The highest BCUT2D eigenvalue weighted by molar-refractivity contribution is 6.31. The molecular weight excluding hydrogens is 386 g/mol. The van der Waals surface area contributed by atoms with Gasteiger partial charge < -0.3 is 14.6 Å². The summed E-state index contributed by atoms with van der Waals surface area (Å²) in [5, 5.41) is 9.69. The highest BCUT2D eigenvalue weighted by Crippen LogP contribution is 2.35. The minimum absolute atomic E-state index is 0.225. The average Bonchev–Trinajstić information content (AvgIpc) is 3.05. The van der Waals surface area contributed by atoms with Crippen LogP contribution in [-0.2, 0) is 24.9 Å². The molecule has 0 spiro atoms. The number of anilines is 2. The first kappa shape index (κ1) is 18.3. The number of aromatic nitrogens is 4. The van der Waals surface area contributed by atoms with Gasteiger partial charge in [-0.15, -0.1) is 0 Å². The quantitative estimate of drug-likeness (QED) is 0.710. The number of aryl methyl sites for hydroxylation is 2. The Hall–Kier alpha value is -3.07. The van der Waals surface area contributed by atoms with Gasteiger partial charge in [-0.1, -0.05) is 17.7 Å². The average molecular weight is 404 g/mol. The van der Waals surface area contributed by atoms with Crippen molar-refractivity contribution in [2.45, 2.75) is 26.4 Å². The number of aliphatic carboxylic acids is 1. The Labute approximate surface area is 164 Å². The predicted molar refractivity (Wildman–Crippen MR) is 105 cm³/mol. The normalized spacial score (nSPS) is 13.8. The molecule has 1 aliphatic rings. The summed E-state index contributed by atoms with van der Waals surface area (Å²) in [6.07, 6.45) is 0.756. The number of carboxylic acid groups (broad SMARTS) is 1. The molecule has 28 heavy (non-hydrogen) atoms. The molecule has 10 heteroatoms. The van der Waals surface area contributed by atoms with Crippen LogP contribution in [0.3, 0.4) is 0 Å². The van der Waals surface area contributed by atoms with E-state index in [1.54, 1.807) is 4.57 Å². The molecule has 0 bridgehead atoms. The maximum atomic E-state index is 12.9. The van der Waals surface area contributed by atoms with E-state index < -0.39 is 23.8 Å². The van der Waals surface area contributed by atoms with E-state index in [4.69, 9.17) is 16.7 Å². The van der Waals surface area contributed by atoms with Crippen molar-refractivity contribution in [1.82, 2.24) is 18.7 Å². The van der Waals surface area contributed by atoms with Gasteiger partial charge in [-0.2, -0.15) is 4.98 Å². The van der Waals surface area contributed by atoms with Crippen LogP contribution in [0.15, 0.2) is 27.8 Å². The van der Waals surface area contributed by atoms with Gasteiger partial charge >= 0.3 is 11.7 Å². The van der Waals surface area contributed by atoms with E-state index in [1.165, 1.54) is 11.6 Å². The third-order valence-electron chi connectivity index (χ3n) is 5.04. The topological polar surface area (TPSA) is 102 Å². The number of fused-ring (bicyclic) bond motifs is 3. The molecule has 4 rings (SSSR count). The van der Waals surface area contributed by atoms with Crippen LogP contribution in [0.25, 0.3) is 11.2 Å². The number of rotatable bonds is 3. The van der Waals surface area contributed by atoms with Gasteiger partial charge in [0.25, 0.3) is 5.56 Å². The number of hydrogen-bond donors (Lipinski definition) is 1. The maximum Gasteiger partial charge on any atom is 0.333 e. The van der Waals surface area contributed by atoms with Crippen molar-refractivity contribution in [2.75, 3.05) is 11.4 Å². The van der Waals surface area contributed by atoms with Crippen LogP contribution < -0.4 is 16.1 Å². The summed E-state index contributed by atoms with van der Waals surface area (Å²) in [5.74, 6) is -0.722. The highest BCUT2D eigenvalue weighted by atomic mass is 35.5. The molecule has 0 unspecified atom stereocenters. The summed E-state index contributed by atoms with van der Waals surface area (Å²) in [5.41, 5.74) is 0.868. The molecule has 0 atom stereocenters. The van der Waals surface area contributed by atoms with E-state index >= 15 is 0 Å². The molecule has 146 valence electrons. The minimum Gasteiger partial charge on any atom is -0.480 e. The standard InChI is InChI=1S/C18H18ClN5O4/c1-10-11(19)5-3-6-12(10)22-7-4-8-23-14-15(20-17(22)23)21(2)18(28)24(16(14)27)9-13(25)26/h3,5-6H,4,7-9H2,1-2H3,(H,25,26). The lowest BCUT2D eigenvalue weighted by Crippen LogP contribution is -2.41. The summed E-state index contributed by atoms with van der Waals surface area (Å²) in [4.78, 5) is 43.0. The van der Waals surface area contributed by atoms with Gasteiger partial charge in [-0.3, -0.25) is 14.2 Å². The lowest BCUT2D eigenvalue weighted by atomic mass is 10.1. The van der Waals surface area contributed by atoms with E-state index in [-0.39, 0.29) is 11.2 Å². The number of carboxylic acids is 1. The van der Waals surface area contributed by atoms with E-state index in [9.17, 15) is 14.4 Å². The zero-order valence-corrected chi connectivity index (χ0v) is 16.1. The molecule has 1 aromatic carbocycles. The second-order valence-electron chi connectivity index (χ2n) is 6.75. The second-order valence-corrected chi connectivity index (χ2v) is 7.16. The second kappa shape index (κ2) is 6.52. The van der Waals surface area contributed by atoms with Crippen LogP contribution in [0, 0.1) is 6.92 Å². The summed E-state index contributed by atoms with van der Waals surface area (Å²) in [6, 6.07) is 5.58. The molecule has 3 heterocycles. The van der Waals surface area contributed by atoms with Crippen molar-refractivity contribution in [2.24, 2.45) is 7.05 Å². The maximum absolute atomic E-state index is 12.9. The summed E-state index contributed by atoms with van der Waals surface area (Å²) >= 11 is 6.27.